The lowest BCUT2D eigenvalue weighted by Crippen LogP contribution is -2.41. The van der Waals surface area contributed by atoms with E-state index in [0.29, 0.717) is 42.6 Å². The van der Waals surface area contributed by atoms with Crippen LogP contribution in [0.5, 0.6) is 17.2 Å². The molecule has 1 aromatic carbocycles. The van der Waals surface area contributed by atoms with Crippen LogP contribution in [-0.4, -0.2) is 51.4 Å². The molecule has 0 saturated heterocycles. The Bertz CT molecular complexity index is 713. The van der Waals surface area contributed by atoms with Gasteiger partial charge in [-0.25, -0.2) is 9.59 Å². The molecule has 1 aliphatic rings. The molecule has 2 rings (SSSR count). The minimum atomic E-state index is -0.729. The molecule has 0 radical (unpaired) electrons. The van der Waals surface area contributed by atoms with Crippen LogP contribution in [-0.2, 0) is 14.3 Å². The van der Waals surface area contributed by atoms with Gasteiger partial charge < -0.3 is 24.3 Å². The van der Waals surface area contributed by atoms with E-state index >= 15 is 0 Å². The van der Waals surface area contributed by atoms with Crippen molar-refractivity contribution < 1.29 is 33.3 Å². The van der Waals surface area contributed by atoms with Gasteiger partial charge in [-0.3, -0.25) is 10.1 Å². The highest BCUT2D eigenvalue weighted by Crippen LogP contribution is 2.40. The van der Waals surface area contributed by atoms with Crippen molar-refractivity contribution in [3.05, 3.63) is 23.8 Å². The molecule has 2 N–H and O–H groups in total. The van der Waals surface area contributed by atoms with E-state index < -0.39 is 24.5 Å². The van der Waals surface area contributed by atoms with E-state index in [1.54, 1.807) is 12.1 Å². The van der Waals surface area contributed by atoms with Crippen LogP contribution in [0.4, 0.5) is 4.79 Å². The second-order valence-electron chi connectivity index (χ2n) is 5.49. The van der Waals surface area contributed by atoms with Gasteiger partial charge in [0.2, 0.25) is 5.75 Å². The Labute approximate surface area is 156 Å². The average Bonchev–Trinajstić information content (AvgIpc) is 2.68. The van der Waals surface area contributed by atoms with Gasteiger partial charge >= 0.3 is 12.0 Å². The Hall–Kier alpha value is -3.23. The molecule has 0 saturated carbocycles. The topological polar surface area (TPSA) is 112 Å². The number of esters is 1. The molecular formula is C18H22N2O7. The Kier molecular flexibility index (Phi) is 7.48. The Morgan fingerprint density at radius 3 is 2.74 bits per heavy atom. The molecule has 0 atom stereocenters. The van der Waals surface area contributed by atoms with Crippen molar-refractivity contribution in [1.82, 2.24) is 10.6 Å². The molecule has 9 nitrogen and oxygen atoms in total. The van der Waals surface area contributed by atoms with Crippen molar-refractivity contribution >= 4 is 24.0 Å². The number of ether oxygens (including phenoxy) is 4. The van der Waals surface area contributed by atoms with Crippen molar-refractivity contribution in [2.75, 3.05) is 33.5 Å². The average molecular weight is 378 g/mol. The number of methoxy groups -OCH3 is 1. The molecule has 0 spiro atoms. The molecule has 1 heterocycles. The van der Waals surface area contributed by atoms with Crippen LogP contribution in [0.1, 0.15) is 18.9 Å². The predicted molar refractivity (Wildman–Crippen MR) is 95.8 cm³/mol. The van der Waals surface area contributed by atoms with Crippen LogP contribution in [0.15, 0.2) is 18.2 Å². The summed E-state index contributed by atoms with van der Waals surface area (Å²) in [7, 11) is 1.50. The zero-order valence-electron chi connectivity index (χ0n) is 15.2. The first-order valence-electron chi connectivity index (χ1n) is 8.43. The highest BCUT2D eigenvalue weighted by Gasteiger charge is 2.18. The highest BCUT2D eigenvalue weighted by molar-refractivity contribution is 5.96. The number of fused-ring (bicyclic) bond motifs is 1. The Balaban J connectivity index is 1.87. The fraction of sp³-hybridized carbons (Fsp3) is 0.389. The number of nitrogens with one attached hydrogen (secondary N) is 2. The number of carbonyl (C=O) groups excluding carboxylic acids is 3. The van der Waals surface area contributed by atoms with Crippen LogP contribution in [0, 0.1) is 0 Å². The second kappa shape index (κ2) is 10.0. The fourth-order valence-corrected chi connectivity index (χ4v) is 2.18. The van der Waals surface area contributed by atoms with Gasteiger partial charge in [0.15, 0.2) is 18.1 Å². The van der Waals surface area contributed by atoms with Gasteiger partial charge in [-0.05, 0) is 30.2 Å². The lowest BCUT2D eigenvalue weighted by Gasteiger charge is -2.20. The van der Waals surface area contributed by atoms with Crippen LogP contribution in [0.25, 0.3) is 6.08 Å². The minimum Gasteiger partial charge on any atom is -0.493 e. The quantitative estimate of drug-likeness (QED) is 0.542. The summed E-state index contributed by atoms with van der Waals surface area (Å²) >= 11 is 0. The van der Waals surface area contributed by atoms with E-state index in [9.17, 15) is 14.4 Å². The number of hydrogen-bond donors (Lipinski definition) is 2. The number of urea groups is 1. The van der Waals surface area contributed by atoms with Gasteiger partial charge in [0.25, 0.3) is 5.91 Å². The van der Waals surface area contributed by atoms with Crippen LogP contribution >= 0.6 is 0 Å². The van der Waals surface area contributed by atoms with Gasteiger partial charge in [-0.15, -0.1) is 0 Å². The molecule has 0 unspecified atom stereocenters. The van der Waals surface area contributed by atoms with Crippen LogP contribution < -0.4 is 24.8 Å². The molecular weight excluding hydrogens is 356 g/mol. The van der Waals surface area contributed by atoms with Crippen molar-refractivity contribution in [3.63, 3.8) is 0 Å². The van der Waals surface area contributed by atoms with Crippen LogP contribution in [0.3, 0.4) is 0 Å². The highest BCUT2D eigenvalue weighted by atomic mass is 16.6. The summed E-state index contributed by atoms with van der Waals surface area (Å²) in [6.07, 6.45) is 3.40. The number of rotatable bonds is 7. The normalized spacial score (nSPS) is 12.4. The number of amides is 3. The van der Waals surface area contributed by atoms with Crippen molar-refractivity contribution in [3.8, 4) is 17.2 Å². The summed E-state index contributed by atoms with van der Waals surface area (Å²) in [5.74, 6) is 0.0737. The number of hydrogen-bond acceptors (Lipinski definition) is 7. The van der Waals surface area contributed by atoms with E-state index in [2.05, 4.69) is 10.6 Å². The molecule has 0 aromatic heterocycles. The van der Waals surface area contributed by atoms with Gasteiger partial charge in [0, 0.05) is 12.6 Å². The maximum atomic E-state index is 11.7. The molecule has 146 valence electrons. The lowest BCUT2D eigenvalue weighted by molar-refractivity contribution is -0.143. The lowest BCUT2D eigenvalue weighted by atomic mass is 10.1. The number of benzene rings is 1. The maximum absolute atomic E-state index is 11.7. The first-order chi connectivity index (χ1) is 13.0. The monoisotopic (exact) mass is 378 g/mol. The third-order valence-corrected chi connectivity index (χ3v) is 3.40. The van der Waals surface area contributed by atoms with Crippen molar-refractivity contribution in [2.24, 2.45) is 0 Å². The van der Waals surface area contributed by atoms with Crippen molar-refractivity contribution in [2.45, 2.75) is 13.3 Å². The van der Waals surface area contributed by atoms with Crippen LogP contribution in [0.2, 0.25) is 0 Å². The molecule has 9 heteroatoms. The third kappa shape index (κ3) is 6.21. The summed E-state index contributed by atoms with van der Waals surface area (Å²) in [5.41, 5.74) is 0.636. The SMILES string of the molecule is CCCNC(=O)NC(=O)COC(=O)/C=C/c1cc(OC)c2c(c1)OCCO2. The minimum absolute atomic E-state index is 0.423. The van der Waals surface area contributed by atoms with E-state index in [4.69, 9.17) is 18.9 Å². The van der Waals surface area contributed by atoms with E-state index in [-0.39, 0.29) is 0 Å². The first kappa shape index (κ1) is 20.1. The standard InChI is InChI=1S/C18H22N2O7/c1-3-6-19-18(23)20-15(21)11-27-16(22)5-4-12-9-13(24-2)17-14(10-12)25-7-8-26-17/h4-5,9-10H,3,6-8,11H2,1-2H3,(H2,19,20,21,23)/b5-4+. The summed E-state index contributed by atoms with van der Waals surface area (Å²) in [6, 6.07) is 2.75. The second-order valence-corrected chi connectivity index (χ2v) is 5.49. The van der Waals surface area contributed by atoms with Gasteiger partial charge in [0.1, 0.15) is 13.2 Å². The molecule has 3 amide bonds. The first-order valence-corrected chi connectivity index (χ1v) is 8.43. The summed E-state index contributed by atoms with van der Waals surface area (Å²) in [5, 5.41) is 4.53. The van der Waals surface area contributed by atoms with Gasteiger partial charge in [-0.2, -0.15) is 0 Å². The molecule has 0 fully saturated rings. The largest absolute Gasteiger partial charge is 0.493 e. The van der Waals surface area contributed by atoms with E-state index in [0.717, 1.165) is 12.5 Å². The summed E-state index contributed by atoms with van der Waals surface area (Å²) in [6.45, 7) is 2.62. The smallest absolute Gasteiger partial charge is 0.331 e. The maximum Gasteiger partial charge on any atom is 0.331 e. The fourth-order valence-electron chi connectivity index (χ4n) is 2.18. The molecule has 0 bridgehead atoms. The van der Waals surface area contributed by atoms with E-state index in [1.165, 1.54) is 13.2 Å². The zero-order chi connectivity index (χ0) is 19.6. The van der Waals surface area contributed by atoms with E-state index in [1.807, 2.05) is 6.92 Å². The molecule has 1 aromatic rings. The van der Waals surface area contributed by atoms with Crippen molar-refractivity contribution in [1.29, 1.82) is 0 Å². The third-order valence-electron chi connectivity index (χ3n) is 3.40. The predicted octanol–water partition coefficient (Wildman–Crippen LogP) is 1.26. The Morgan fingerprint density at radius 1 is 1.22 bits per heavy atom. The molecule has 27 heavy (non-hydrogen) atoms. The number of imide groups is 1. The Morgan fingerprint density at radius 2 is 2.00 bits per heavy atom. The summed E-state index contributed by atoms with van der Waals surface area (Å²) in [4.78, 5) is 34.6. The summed E-state index contributed by atoms with van der Waals surface area (Å²) < 4.78 is 21.1. The molecule has 1 aliphatic heterocycles. The van der Waals surface area contributed by atoms with Gasteiger partial charge in [0.05, 0.1) is 7.11 Å². The number of carbonyl (C=O) groups is 3. The zero-order valence-corrected chi connectivity index (χ0v) is 15.2. The molecule has 0 aliphatic carbocycles. The van der Waals surface area contributed by atoms with Gasteiger partial charge in [-0.1, -0.05) is 6.92 Å².